The number of aromatic nitrogens is 2. The van der Waals surface area contributed by atoms with Crippen LogP contribution in [0.1, 0.15) is 35.9 Å². The molecular weight excluding hydrogens is 298 g/mol. The minimum absolute atomic E-state index is 0.107. The molecule has 1 N–H and O–H groups in total. The Morgan fingerprint density at radius 2 is 2.04 bits per heavy atom. The van der Waals surface area contributed by atoms with E-state index in [0.29, 0.717) is 18.0 Å². The van der Waals surface area contributed by atoms with Crippen LogP contribution in [0, 0.1) is 0 Å². The molecule has 7 heteroatoms. The van der Waals surface area contributed by atoms with Crippen molar-refractivity contribution in [2.45, 2.75) is 26.4 Å². The Morgan fingerprint density at radius 3 is 2.83 bits per heavy atom. The van der Waals surface area contributed by atoms with E-state index >= 15 is 0 Å². The van der Waals surface area contributed by atoms with Gasteiger partial charge >= 0.3 is 0 Å². The fourth-order valence-electron chi connectivity index (χ4n) is 2.24. The highest BCUT2D eigenvalue weighted by Crippen LogP contribution is 2.32. The Balaban J connectivity index is 1.70. The molecule has 0 radical (unpaired) electrons. The van der Waals surface area contributed by atoms with E-state index in [1.165, 1.54) is 16.8 Å². The summed E-state index contributed by atoms with van der Waals surface area (Å²) in [7, 11) is 0. The van der Waals surface area contributed by atoms with E-state index in [9.17, 15) is 9.59 Å². The number of rotatable bonds is 4. The number of ether oxygens (including phenoxy) is 2. The number of hydrogen-bond acceptors (Lipinski definition) is 5. The van der Waals surface area contributed by atoms with Crippen LogP contribution in [-0.4, -0.2) is 22.5 Å². The van der Waals surface area contributed by atoms with Crippen molar-refractivity contribution >= 4 is 5.91 Å². The number of carbonyl (C=O) groups is 1. The highest BCUT2D eigenvalue weighted by molar-refractivity contribution is 5.91. The molecule has 23 heavy (non-hydrogen) atoms. The normalized spacial score (nSPS) is 12.5. The van der Waals surface area contributed by atoms with Gasteiger partial charge in [0.1, 0.15) is 5.69 Å². The summed E-state index contributed by atoms with van der Waals surface area (Å²) in [5.74, 6) is 1.03. The van der Waals surface area contributed by atoms with E-state index in [4.69, 9.17) is 9.47 Å². The molecule has 7 nitrogen and oxygen atoms in total. The number of hydrogen-bond donors (Lipinski definition) is 1. The van der Waals surface area contributed by atoms with Crippen molar-refractivity contribution < 1.29 is 14.3 Å². The molecule has 3 rings (SSSR count). The molecule has 0 spiro atoms. The van der Waals surface area contributed by atoms with E-state index in [1.54, 1.807) is 6.07 Å². The summed E-state index contributed by atoms with van der Waals surface area (Å²) < 4.78 is 11.8. The quantitative estimate of drug-likeness (QED) is 0.924. The molecule has 0 saturated heterocycles. The highest BCUT2D eigenvalue weighted by atomic mass is 16.7. The maximum Gasteiger partial charge on any atom is 0.271 e. The van der Waals surface area contributed by atoms with E-state index in [-0.39, 0.29) is 30.0 Å². The first-order valence-electron chi connectivity index (χ1n) is 7.31. The Labute approximate surface area is 132 Å². The van der Waals surface area contributed by atoms with E-state index in [2.05, 4.69) is 10.4 Å². The first-order valence-corrected chi connectivity index (χ1v) is 7.31. The molecule has 0 atom stereocenters. The minimum atomic E-state index is -0.336. The molecule has 0 unspecified atom stereocenters. The lowest BCUT2D eigenvalue weighted by molar-refractivity contribution is 0.0943. The summed E-state index contributed by atoms with van der Waals surface area (Å²) in [5, 5.41) is 6.87. The number of amides is 1. The number of fused-ring (bicyclic) bond motifs is 1. The molecular formula is C16H17N3O4. The third kappa shape index (κ3) is 3.18. The minimum Gasteiger partial charge on any atom is -0.454 e. The smallest absolute Gasteiger partial charge is 0.271 e. The third-order valence-corrected chi connectivity index (χ3v) is 3.44. The second kappa shape index (κ2) is 6.12. The predicted octanol–water partition coefficient (Wildman–Crippen LogP) is 1.48. The second-order valence-corrected chi connectivity index (χ2v) is 5.47. The van der Waals surface area contributed by atoms with Gasteiger partial charge in [-0.3, -0.25) is 9.59 Å². The van der Waals surface area contributed by atoms with E-state index in [1.807, 2.05) is 26.0 Å². The maximum atomic E-state index is 12.2. The van der Waals surface area contributed by atoms with Gasteiger partial charge in [0.25, 0.3) is 11.5 Å². The molecule has 1 aliphatic heterocycles. The summed E-state index contributed by atoms with van der Waals surface area (Å²) in [4.78, 5) is 23.9. The highest BCUT2D eigenvalue weighted by Gasteiger charge is 2.14. The molecule has 0 fully saturated rings. The lowest BCUT2D eigenvalue weighted by atomic mass is 10.2. The number of carbonyl (C=O) groups excluding carboxylic acids is 1. The van der Waals surface area contributed by atoms with Crippen LogP contribution >= 0.6 is 0 Å². The zero-order chi connectivity index (χ0) is 16.4. The fourth-order valence-corrected chi connectivity index (χ4v) is 2.24. The summed E-state index contributed by atoms with van der Waals surface area (Å²) >= 11 is 0. The Hall–Kier alpha value is -2.83. The summed E-state index contributed by atoms with van der Waals surface area (Å²) in [6.07, 6.45) is 0. The van der Waals surface area contributed by atoms with Crippen molar-refractivity contribution in [2.75, 3.05) is 6.79 Å². The lowest BCUT2D eigenvalue weighted by Gasteiger charge is -2.10. The molecule has 1 aliphatic rings. The van der Waals surface area contributed by atoms with Crippen molar-refractivity contribution in [1.29, 1.82) is 0 Å². The van der Waals surface area contributed by atoms with Gasteiger partial charge in [0.05, 0.1) is 6.04 Å². The fraction of sp³-hybridized carbons (Fsp3) is 0.312. The van der Waals surface area contributed by atoms with Gasteiger partial charge in [0.2, 0.25) is 6.79 Å². The summed E-state index contributed by atoms with van der Waals surface area (Å²) in [6.45, 7) is 4.22. The molecule has 120 valence electrons. The zero-order valence-electron chi connectivity index (χ0n) is 12.9. The topological polar surface area (TPSA) is 82.5 Å². The van der Waals surface area contributed by atoms with Crippen molar-refractivity contribution in [3.05, 3.63) is 51.9 Å². The molecule has 0 saturated carbocycles. The number of benzene rings is 1. The van der Waals surface area contributed by atoms with E-state index in [0.717, 1.165) is 5.56 Å². The van der Waals surface area contributed by atoms with Crippen LogP contribution in [0.25, 0.3) is 0 Å². The predicted molar refractivity (Wildman–Crippen MR) is 82.6 cm³/mol. The second-order valence-electron chi connectivity index (χ2n) is 5.47. The van der Waals surface area contributed by atoms with Gasteiger partial charge in [-0.15, -0.1) is 0 Å². The summed E-state index contributed by atoms with van der Waals surface area (Å²) in [6, 6.07) is 8.16. The third-order valence-electron chi connectivity index (χ3n) is 3.44. The van der Waals surface area contributed by atoms with Crippen LogP contribution in [0.5, 0.6) is 11.5 Å². The van der Waals surface area contributed by atoms with Crippen molar-refractivity contribution in [1.82, 2.24) is 15.1 Å². The number of nitrogens with zero attached hydrogens (tertiary/aromatic N) is 2. The van der Waals surface area contributed by atoms with E-state index < -0.39 is 0 Å². The summed E-state index contributed by atoms with van der Waals surface area (Å²) in [5.41, 5.74) is 0.867. The maximum absolute atomic E-state index is 12.2. The molecule has 1 amide bonds. The molecule has 0 aliphatic carbocycles. The first-order chi connectivity index (χ1) is 11.0. The first kappa shape index (κ1) is 15.1. The Morgan fingerprint density at radius 1 is 1.26 bits per heavy atom. The van der Waals surface area contributed by atoms with Gasteiger partial charge in [-0.1, -0.05) is 6.07 Å². The van der Waals surface area contributed by atoms with Crippen molar-refractivity contribution in [2.24, 2.45) is 0 Å². The van der Waals surface area contributed by atoms with Crippen LogP contribution in [-0.2, 0) is 6.54 Å². The molecule has 0 bridgehead atoms. The van der Waals surface area contributed by atoms with Crippen molar-refractivity contribution in [3.63, 3.8) is 0 Å². The standard InChI is InChI=1S/C16H17N3O4/c1-10(2)19-15(20)6-4-12(18-19)16(21)17-8-11-3-5-13-14(7-11)23-9-22-13/h3-7,10H,8-9H2,1-2H3,(H,17,21). The molecule has 1 aromatic carbocycles. The van der Waals surface area contributed by atoms with Crippen LogP contribution in [0.4, 0.5) is 0 Å². The Kier molecular flexibility index (Phi) is 4.01. The average molecular weight is 315 g/mol. The SMILES string of the molecule is CC(C)n1nc(C(=O)NCc2ccc3c(c2)OCO3)ccc1=O. The van der Waals surface area contributed by atoms with Crippen LogP contribution < -0.4 is 20.3 Å². The average Bonchev–Trinajstić information content (AvgIpc) is 3.00. The Bertz CT molecular complexity index is 798. The van der Waals surface area contributed by atoms with Crippen LogP contribution in [0.15, 0.2) is 35.1 Å². The zero-order valence-corrected chi connectivity index (χ0v) is 12.9. The van der Waals surface area contributed by atoms with Gasteiger partial charge in [-0.25, -0.2) is 4.68 Å². The van der Waals surface area contributed by atoms with Gasteiger partial charge in [0.15, 0.2) is 11.5 Å². The monoisotopic (exact) mass is 315 g/mol. The van der Waals surface area contributed by atoms with Crippen LogP contribution in [0.2, 0.25) is 0 Å². The van der Waals surface area contributed by atoms with Crippen LogP contribution in [0.3, 0.4) is 0 Å². The van der Waals surface area contributed by atoms with Gasteiger partial charge in [0, 0.05) is 12.6 Å². The molecule has 2 aromatic rings. The van der Waals surface area contributed by atoms with Gasteiger partial charge < -0.3 is 14.8 Å². The lowest BCUT2D eigenvalue weighted by Crippen LogP contribution is -2.30. The largest absolute Gasteiger partial charge is 0.454 e. The molecule has 1 aromatic heterocycles. The van der Waals surface area contributed by atoms with Gasteiger partial charge in [-0.2, -0.15) is 5.10 Å². The van der Waals surface area contributed by atoms with Crippen molar-refractivity contribution in [3.8, 4) is 11.5 Å². The van der Waals surface area contributed by atoms with Gasteiger partial charge in [-0.05, 0) is 37.6 Å². The molecule has 2 heterocycles. The number of nitrogens with one attached hydrogen (secondary N) is 1.